The quantitative estimate of drug-likeness (QED) is 0.942. The monoisotopic (exact) mass is 317 g/mol. The Hall–Kier alpha value is -1.92. The Morgan fingerprint density at radius 1 is 1.36 bits per heavy atom. The molecule has 116 valence electrons. The Morgan fingerprint density at radius 2 is 2.18 bits per heavy atom. The van der Waals surface area contributed by atoms with Crippen LogP contribution in [0.25, 0.3) is 0 Å². The highest BCUT2D eigenvalue weighted by Crippen LogP contribution is 2.18. The molecule has 0 aromatic carbocycles. The second-order valence-corrected chi connectivity index (χ2v) is 6.25. The number of piperidine rings is 1. The van der Waals surface area contributed by atoms with Gasteiger partial charge in [-0.3, -0.25) is 4.79 Å². The maximum Gasteiger partial charge on any atom is 0.256 e. The van der Waals surface area contributed by atoms with E-state index in [0.717, 1.165) is 25.9 Å². The molecule has 22 heavy (non-hydrogen) atoms. The van der Waals surface area contributed by atoms with E-state index in [0.29, 0.717) is 17.1 Å². The second kappa shape index (κ2) is 6.89. The highest BCUT2D eigenvalue weighted by Gasteiger charge is 2.18. The topological polar surface area (TPSA) is 54.5 Å². The third kappa shape index (κ3) is 3.84. The Balaban J connectivity index is 1.55. The Morgan fingerprint density at radius 3 is 2.82 bits per heavy atom. The predicted octanol–water partition coefficient (Wildman–Crippen LogP) is 2.87. The van der Waals surface area contributed by atoms with Crippen LogP contribution in [0.15, 0.2) is 35.2 Å². The number of thiophene rings is 1. The third-order valence-electron chi connectivity index (χ3n) is 3.73. The molecule has 1 saturated heterocycles. The molecule has 0 atom stereocenters. The molecule has 5 nitrogen and oxygen atoms in total. The summed E-state index contributed by atoms with van der Waals surface area (Å²) in [6, 6.07) is 5.42. The molecule has 1 amide bonds. The summed E-state index contributed by atoms with van der Waals surface area (Å²) in [6.45, 7) is 2.11. The van der Waals surface area contributed by atoms with Crippen LogP contribution < -0.4 is 10.1 Å². The molecule has 3 heterocycles. The van der Waals surface area contributed by atoms with Crippen LogP contribution in [0.3, 0.4) is 0 Å². The normalized spacial score (nSPS) is 16.4. The molecule has 2 aromatic rings. The molecular weight excluding hydrogens is 298 g/mol. The zero-order valence-corrected chi connectivity index (χ0v) is 13.3. The maximum absolute atomic E-state index is 11.9. The van der Waals surface area contributed by atoms with Crippen LogP contribution in [0.4, 0.5) is 5.69 Å². The summed E-state index contributed by atoms with van der Waals surface area (Å²) in [7, 11) is 2.12. The van der Waals surface area contributed by atoms with Gasteiger partial charge in [-0.25, -0.2) is 4.98 Å². The van der Waals surface area contributed by atoms with Gasteiger partial charge in [0.25, 0.3) is 5.91 Å². The third-order valence-corrected chi connectivity index (χ3v) is 4.41. The maximum atomic E-state index is 11.9. The zero-order chi connectivity index (χ0) is 15.4. The summed E-state index contributed by atoms with van der Waals surface area (Å²) in [5.74, 6) is 0.495. The van der Waals surface area contributed by atoms with E-state index in [4.69, 9.17) is 4.74 Å². The minimum Gasteiger partial charge on any atom is -0.474 e. The van der Waals surface area contributed by atoms with Gasteiger partial charge in [0.05, 0.1) is 17.4 Å². The largest absolute Gasteiger partial charge is 0.474 e. The first-order valence-electron chi connectivity index (χ1n) is 7.35. The summed E-state index contributed by atoms with van der Waals surface area (Å²) in [6.07, 6.45) is 3.91. The van der Waals surface area contributed by atoms with Crippen LogP contribution in [0, 0.1) is 0 Å². The number of amides is 1. The number of aromatic nitrogens is 1. The molecule has 0 radical (unpaired) electrons. The molecule has 1 aliphatic heterocycles. The van der Waals surface area contributed by atoms with Crippen LogP contribution in [-0.2, 0) is 0 Å². The fourth-order valence-corrected chi connectivity index (χ4v) is 3.03. The average molecular weight is 317 g/mol. The first-order chi connectivity index (χ1) is 10.7. The van der Waals surface area contributed by atoms with Crippen molar-refractivity contribution < 1.29 is 9.53 Å². The Kier molecular flexibility index (Phi) is 4.70. The van der Waals surface area contributed by atoms with Gasteiger partial charge in [0, 0.05) is 24.5 Å². The van der Waals surface area contributed by atoms with E-state index in [1.165, 1.54) is 11.3 Å². The molecule has 6 heteroatoms. The molecule has 2 aromatic heterocycles. The van der Waals surface area contributed by atoms with Gasteiger partial charge >= 0.3 is 0 Å². The molecule has 1 aliphatic rings. The van der Waals surface area contributed by atoms with Crippen molar-refractivity contribution in [2.75, 3.05) is 25.5 Å². The minimum atomic E-state index is -0.118. The van der Waals surface area contributed by atoms with E-state index in [1.807, 2.05) is 22.9 Å². The highest BCUT2D eigenvalue weighted by molar-refractivity contribution is 7.08. The Bertz CT molecular complexity index is 605. The van der Waals surface area contributed by atoms with E-state index >= 15 is 0 Å². The lowest BCUT2D eigenvalue weighted by Crippen LogP contribution is -2.35. The number of rotatable bonds is 4. The van der Waals surface area contributed by atoms with Crippen molar-refractivity contribution >= 4 is 22.9 Å². The molecule has 0 bridgehead atoms. The number of nitrogens with zero attached hydrogens (tertiary/aromatic N) is 2. The lowest BCUT2D eigenvalue weighted by Gasteiger charge is -2.28. The SMILES string of the molecule is CN1CCC(Oc2ccc(NC(=O)c3ccsc3)cn2)CC1. The van der Waals surface area contributed by atoms with Crippen molar-refractivity contribution in [3.63, 3.8) is 0 Å². The lowest BCUT2D eigenvalue weighted by molar-refractivity contribution is 0.102. The van der Waals surface area contributed by atoms with E-state index in [1.54, 1.807) is 12.3 Å². The standard InChI is InChI=1S/C16H19N3O2S/c1-19-7-4-14(5-8-19)21-15-3-2-13(10-17-15)18-16(20)12-6-9-22-11-12/h2-3,6,9-11,14H,4-5,7-8H2,1H3,(H,18,20). The molecule has 1 fully saturated rings. The van der Waals surface area contributed by atoms with Crippen LogP contribution >= 0.6 is 11.3 Å². The smallest absolute Gasteiger partial charge is 0.256 e. The molecule has 0 unspecified atom stereocenters. The number of carbonyl (C=O) groups is 1. The number of hydrogen-bond acceptors (Lipinski definition) is 5. The fraction of sp³-hybridized carbons (Fsp3) is 0.375. The zero-order valence-electron chi connectivity index (χ0n) is 12.5. The molecule has 0 spiro atoms. The molecule has 1 N–H and O–H groups in total. The van der Waals surface area contributed by atoms with Gasteiger partial charge in [-0.05, 0) is 37.4 Å². The first kappa shape index (κ1) is 15.0. The van der Waals surface area contributed by atoms with Gasteiger partial charge in [0.2, 0.25) is 5.88 Å². The van der Waals surface area contributed by atoms with E-state index in [2.05, 4.69) is 22.2 Å². The van der Waals surface area contributed by atoms with Crippen molar-refractivity contribution in [1.29, 1.82) is 0 Å². The lowest BCUT2D eigenvalue weighted by atomic mass is 10.1. The van der Waals surface area contributed by atoms with Crippen molar-refractivity contribution in [2.24, 2.45) is 0 Å². The number of nitrogens with one attached hydrogen (secondary N) is 1. The molecule has 0 aliphatic carbocycles. The van der Waals surface area contributed by atoms with Gasteiger partial charge in [-0.1, -0.05) is 0 Å². The molecule has 0 saturated carbocycles. The van der Waals surface area contributed by atoms with E-state index in [-0.39, 0.29) is 12.0 Å². The van der Waals surface area contributed by atoms with Crippen molar-refractivity contribution in [2.45, 2.75) is 18.9 Å². The average Bonchev–Trinajstić information content (AvgIpc) is 3.06. The van der Waals surface area contributed by atoms with Gasteiger partial charge in [-0.2, -0.15) is 11.3 Å². The van der Waals surface area contributed by atoms with Crippen molar-refractivity contribution in [3.05, 3.63) is 40.7 Å². The van der Waals surface area contributed by atoms with Gasteiger partial charge in [-0.15, -0.1) is 0 Å². The minimum absolute atomic E-state index is 0.118. The number of pyridine rings is 1. The molecular formula is C16H19N3O2S. The van der Waals surface area contributed by atoms with Gasteiger partial charge in [0.15, 0.2) is 0 Å². The summed E-state index contributed by atoms with van der Waals surface area (Å²) in [4.78, 5) is 18.5. The summed E-state index contributed by atoms with van der Waals surface area (Å²) in [5.41, 5.74) is 1.34. The summed E-state index contributed by atoms with van der Waals surface area (Å²) < 4.78 is 5.89. The number of carbonyl (C=O) groups excluding carboxylic acids is 1. The van der Waals surface area contributed by atoms with E-state index < -0.39 is 0 Å². The predicted molar refractivity (Wildman–Crippen MR) is 87.7 cm³/mol. The fourth-order valence-electron chi connectivity index (χ4n) is 2.39. The van der Waals surface area contributed by atoms with Crippen LogP contribution in [-0.4, -0.2) is 42.0 Å². The number of ether oxygens (including phenoxy) is 1. The summed E-state index contributed by atoms with van der Waals surface area (Å²) in [5, 5.41) is 6.52. The van der Waals surface area contributed by atoms with E-state index in [9.17, 15) is 4.79 Å². The number of likely N-dealkylation sites (tertiary alicyclic amines) is 1. The van der Waals surface area contributed by atoms with Gasteiger partial charge < -0.3 is 15.0 Å². The highest BCUT2D eigenvalue weighted by atomic mass is 32.1. The Labute approximate surface area is 133 Å². The molecule has 3 rings (SSSR count). The van der Waals surface area contributed by atoms with Crippen molar-refractivity contribution in [3.8, 4) is 5.88 Å². The van der Waals surface area contributed by atoms with Crippen LogP contribution in [0.5, 0.6) is 5.88 Å². The van der Waals surface area contributed by atoms with Crippen LogP contribution in [0.1, 0.15) is 23.2 Å². The van der Waals surface area contributed by atoms with Gasteiger partial charge in [0.1, 0.15) is 6.10 Å². The number of hydrogen-bond donors (Lipinski definition) is 1. The number of anilines is 1. The van der Waals surface area contributed by atoms with Crippen LogP contribution in [0.2, 0.25) is 0 Å². The van der Waals surface area contributed by atoms with Crippen molar-refractivity contribution in [1.82, 2.24) is 9.88 Å². The first-order valence-corrected chi connectivity index (χ1v) is 8.30. The summed E-state index contributed by atoms with van der Waals surface area (Å²) >= 11 is 1.50. The second-order valence-electron chi connectivity index (χ2n) is 5.47.